The lowest BCUT2D eigenvalue weighted by Crippen LogP contribution is -2.14. The minimum atomic E-state index is -0.511. The zero-order valence-electron chi connectivity index (χ0n) is 9.97. The van der Waals surface area contributed by atoms with Crippen LogP contribution in [-0.2, 0) is 11.4 Å². The van der Waals surface area contributed by atoms with Crippen LogP contribution in [0.15, 0.2) is 27.2 Å². The number of benzene rings is 1. The summed E-state index contributed by atoms with van der Waals surface area (Å²) in [5.74, 6) is -0.511. The van der Waals surface area contributed by atoms with Crippen LogP contribution < -0.4 is 5.32 Å². The Morgan fingerprint density at radius 3 is 2.62 bits per heavy atom. The topological polar surface area (TPSA) is 79.6 Å². The molecule has 0 saturated carbocycles. The normalized spacial score (nSPS) is 12.0. The van der Waals surface area contributed by atoms with E-state index >= 15 is 0 Å². The summed E-state index contributed by atoms with van der Waals surface area (Å²) >= 11 is 18.8. The number of nitrogens with one attached hydrogen (secondary N) is 1. The molecule has 1 aromatic carbocycles. The van der Waals surface area contributed by atoms with E-state index in [1.54, 1.807) is 0 Å². The molecule has 1 amide bonds. The van der Waals surface area contributed by atoms with E-state index in [9.17, 15) is 4.79 Å². The van der Waals surface area contributed by atoms with E-state index in [-0.39, 0.29) is 15.9 Å². The Balaban J connectivity index is 1.98. The van der Waals surface area contributed by atoms with E-state index in [0.717, 1.165) is 11.4 Å². The first-order chi connectivity index (χ1) is 10.1. The summed E-state index contributed by atoms with van der Waals surface area (Å²) in [5.41, 5.74) is 1.26. The summed E-state index contributed by atoms with van der Waals surface area (Å²) < 4.78 is 8.14. The van der Waals surface area contributed by atoms with Crippen LogP contribution in [0.4, 0.5) is 17.1 Å². The van der Waals surface area contributed by atoms with Crippen molar-refractivity contribution in [1.82, 2.24) is 9.97 Å². The first-order valence-electron chi connectivity index (χ1n) is 5.45. The van der Waals surface area contributed by atoms with Crippen molar-refractivity contribution >= 4 is 69.1 Å². The highest BCUT2D eigenvalue weighted by Crippen LogP contribution is 2.47. The lowest BCUT2D eigenvalue weighted by atomic mass is 10.2. The van der Waals surface area contributed by atoms with Gasteiger partial charge in [-0.15, -0.1) is 0 Å². The number of hydrogen-bond donors (Lipinski definition) is 1. The molecule has 2 heterocycles. The Hall–Kier alpha value is -1.54. The predicted octanol–water partition coefficient (Wildman–Crippen LogP) is 4.42. The quantitative estimate of drug-likeness (QED) is 0.735. The molecule has 1 aromatic heterocycles. The number of hydrogen-bond acceptors (Lipinski definition) is 5. The van der Waals surface area contributed by atoms with E-state index in [2.05, 4.69) is 24.0 Å². The summed E-state index contributed by atoms with van der Waals surface area (Å²) in [6, 6.07) is 1.49. The summed E-state index contributed by atoms with van der Waals surface area (Å²) in [7, 11) is 0. The van der Waals surface area contributed by atoms with Gasteiger partial charge in [0.15, 0.2) is 0 Å². The summed E-state index contributed by atoms with van der Waals surface area (Å²) in [4.78, 5) is 19.8. The fourth-order valence-electron chi connectivity index (χ4n) is 1.62. The first kappa shape index (κ1) is 14.4. The van der Waals surface area contributed by atoms with Crippen molar-refractivity contribution in [3.8, 4) is 0 Å². The number of carbonyl (C=O) groups excluding carboxylic acids is 1. The second-order valence-electron chi connectivity index (χ2n) is 3.86. The third kappa shape index (κ3) is 2.77. The Bertz CT molecular complexity index is 835. The average Bonchev–Trinajstić information content (AvgIpc) is 2.93. The molecule has 0 bridgehead atoms. The smallest absolute Gasteiger partial charge is 0.276 e. The molecule has 0 aliphatic carbocycles. The SMILES string of the molecule is O=C(Nc1c(Cl)cc(Cl)c2c1N=S=N2)c1cncc(Cl)n1. The maximum Gasteiger partial charge on any atom is 0.276 e. The van der Waals surface area contributed by atoms with Gasteiger partial charge in [0.25, 0.3) is 5.91 Å². The van der Waals surface area contributed by atoms with Crippen LogP contribution in [0.25, 0.3) is 0 Å². The maximum absolute atomic E-state index is 12.2. The van der Waals surface area contributed by atoms with Crippen LogP contribution in [0.5, 0.6) is 0 Å². The van der Waals surface area contributed by atoms with Crippen molar-refractivity contribution in [3.63, 3.8) is 0 Å². The molecule has 0 saturated heterocycles. The van der Waals surface area contributed by atoms with Crippen molar-refractivity contribution in [2.24, 2.45) is 8.73 Å². The van der Waals surface area contributed by atoms with Crippen molar-refractivity contribution in [1.29, 1.82) is 0 Å². The average molecular weight is 361 g/mol. The molecule has 1 aliphatic heterocycles. The van der Waals surface area contributed by atoms with E-state index in [1.807, 2.05) is 0 Å². The Labute approximate surface area is 137 Å². The zero-order valence-corrected chi connectivity index (χ0v) is 13.1. The lowest BCUT2D eigenvalue weighted by Gasteiger charge is -2.10. The maximum atomic E-state index is 12.2. The van der Waals surface area contributed by atoms with Gasteiger partial charge in [0.05, 0.1) is 39.5 Å². The second-order valence-corrected chi connectivity index (χ2v) is 5.59. The Morgan fingerprint density at radius 2 is 1.86 bits per heavy atom. The molecule has 3 rings (SSSR count). The van der Waals surface area contributed by atoms with E-state index < -0.39 is 5.91 Å². The minimum Gasteiger partial charge on any atom is -0.317 e. The highest BCUT2D eigenvalue weighted by Gasteiger charge is 2.21. The molecule has 21 heavy (non-hydrogen) atoms. The van der Waals surface area contributed by atoms with Crippen LogP contribution in [-0.4, -0.2) is 15.9 Å². The molecule has 1 aliphatic rings. The van der Waals surface area contributed by atoms with E-state index in [4.69, 9.17) is 34.8 Å². The van der Waals surface area contributed by atoms with Gasteiger partial charge in [0.1, 0.15) is 22.2 Å². The molecule has 0 radical (unpaired) electrons. The number of rotatable bonds is 2. The van der Waals surface area contributed by atoms with E-state index in [0.29, 0.717) is 22.1 Å². The van der Waals surface area contributed by atoms with Crippen molar-refractivity contribution in [2.45, 2.75) is 0 Å². The molecule has 6 nitrogen and oxygen atoms in total. The van der Waals surface area contributed by atoms with Gasteiger partial charge in [-0.2, -0.15) is 8.73 Å². The standard InChI is InChI=1S/C11H4Cl3N5OS/c12-4-1-5(13)9-10(19-21-18-9)8(4)17-11(20)6-2-15-3-7(14)16-6/h1-3H,(H,17,20). The molecule has 1 N–H and O–H groups in total. The number of anilines is 1. The highest BCUT2D eigenvalue weighted by atomic mass is 35.5. The molecule has 10 heteroatoms. The third-order valence-corrected chi connectivity index (χ3v) is 3.82. The van der Waals surface area contributed by atoms with Gasteiger partial charge in [0.2, 0.25) is 0 Å². The van der Waals surface area contributed by atoms with Gasteiger partial charge in [-0.3, -0.25) is 9.78 Å². The molecular formula is C11H4Cl3N5OS. The minimum absolute atomic E-state index is 0.0601. The number of fused-ring (bicyclic) bond motifs is 1. The highest BCUT2D eigenvalue weighted by molar-refractivity contribution is 7.58. The molecule has 0 atom stereocenters. The Kier molecular flexibility index (Phi) is 3.90. The van der Waals surface area contributed by atoms with Gasteiger partial charge in [-0.1, -0.05) is 34.8 Å². The van der Waals surface area contributed by atoms with Crippen molar-refractivity contribution in [2.75, 3.05) is 5.32 Å². The molecule has 0 unspecified atom stereocenters. The van der Waals surface area contributed by atoms with Crippen LogP contribution in [0.3, 0.4) is 0 Å². The third-order valence-electron chi connectivity index (χ3n) is 2.52. The fourth-order valence-corrected chi connectivity index (χ4v) is 2.93. The molecule has 0 spiro atoms. The monoisotopic (exact) mass is 359 g/mol. The molecule has 106 valence electrons. The predicted molar refractivity (Wildman–Crippen MR) is 83.0 cm³/mol. The number of carbonyl (C=O) groups is 1. The van der Waals surface area contributed by atoms with Gasteiger partial charge in [-0.25, -0.2) is 4.98 Å². The van der Waals surface area contributed by atoms with Gasteiger partial charge >= 0.3 is 0 Å². The summed E-state index contributed by atoms with van der Waals surface area (Å²) in [5, 5.41) is 3.36. The van der Waals surface area contributed by atoms with Crippen LogP contribution in [0.1, 0.15) is 10.5 Å². The van der Waals surface area contributed by atoms with Crippen molar-refractivity contribution in [3.05, 3.63) is 39.4 Å². The number of amides is 1. The van der Waals surface area contributed by atoms with Gasteiger partial charge < -0.3 is 5.32 Å². The Morgan fingerprint density at radius 1 is 1.10 bits per heavy atom. The fraction of sp³-hybridized carbons (Fsp3) is 0. The zero-order chi connectivity index (χ0) is 15.0. The largest absolute Gasteiger partial charge is 0.317 e. The number of halogens is 3. The lowest BCUT2D eigenvalue weighted by molar-refractivity contribution is 0.102. The van der Waals surface area contributed by atoms with Crippen molar-refractivity contribution < 1.29 is 4.79 Å². The second kappa shape index (κ2) is 5.69. The van der Waals surface area contributed by atoms with Crippen LogP contribution in [0, 0.1) is 0 Å². The van der Waals surface area contributed by atoms with E-state index in [1.165, 1.54) is 18.5 Å². The van der Waals surface area contributed by atoms with Gasteiger partial charge in [0, 0.05) is 0 Å². The molecule has 2 aromatic rings. The number of aromatic nitrogens is 2. The number of nitrogens with zero attached hydrogens (tertiary/aromatic N) is 4. The first-order valence-corrected chi connectivity index (χ1v) is 7.32. The summed E-state index contributed by atoms with van der Waals surface area (Å²) in [6.07, 6.45) is 2.62. The van der Waals surface area contributed by atoms with Gasteiger partial charge in [-0.05, 0) is 6.07 Å². The molecular weight excluding hydrogens is 357 g/mol. The summed E-state index contributed by atoms with van der Waals surface area (Å²) in [6.45, 7) is 0. The molecule has 0 fully saturated rings. The van der Waals surface area contributed by atoms with Crippen LogP contribution >= 0.6 is 34.8 Å². The van der Waals surface area contributed by atoms with Crippen LogP contribution in [0.2, 0.25) is 15.2 Å².